The highest BCUT2D eigenvalue weighted by Gasteiger charge is 2.26. The van der Waals surface area contributed by atoms with Crippen molar-refractivity contribution < 1.29 is 22.4 Å². The Hall–Kier alpha value is -3.13. The standard InChI is InChI=1S/C24H19Cl2N3O5S/c25-18-12-19(26)14-20(13-18)28-24(30)17(15-27)11-21-3-6-23(34-21)16-1-4-22(5-2-16)35(31,32)29-7-9-33-10-8-29/h1-6,11-14H,7-10H2,(H,28,30)/b17-11+. The number of carbonyl (C=O) groups excluding carboxylic acids is 1. The van der Waals surface area contributed by atoms with Crippen LogP contribution in [0.1, 0.15) is 5.76 Å². The molecule has 1 aromatic heterocycles. The van der Waals surface area contributed by atoms with Crippen LogP contribution in [0.15, 0.2) is 69.5 Å². The Morgan fingerprint density at radius 2 is 1.69 bits per heavy atom. The molecule has 0 unspecified atom stereocenters. The molecule has 35 heavy (non-hydrogen) atoms. The summed E-state index contributed by atoms with van der Waals surface area (Å²) in [5.74, 6) is 0.0770. The maximum Gasteiger partial charge on any atom is 0.266 e. The molecule has 1 N–H and O–H groups in total. The first kappa shape index (κ1) is 25.0. The highest BCUT2D eigenvalue weighted by molar-refractivity contribution is 7.89. The van der Waals surface area contributed by atoms with E-state index in [9.17, 15) is 18.5 Å². The Morgan fingerprint density at radius 1 is 1.03 bits per heavy atom. The average Bonchev–Trinajstić information content (AvgIpc) is 3.31. The van der Waals surface area contributed by atoms with E-state index in [1.165, 1.54) is 40.7 Å². The third kappa shape index (κ3) is 5.93. The van der Waals surface area contributed by atoms with Crippen LogP contribution in [0.3, 0.4) is 0 Å². The van der Waals surface area contributed by atoms with Gasteiger partial charge in [-0.1, -0.05) is 23.2 Å². The molecule has 0 atom stereocenters. The first-order valence-corrected chi connectivity index (χ1v) is 12.6. The van der Waals surface area contributed by atoms with Crippen LogP contribution in [0.5, 0.6) is 0 Å². The molecule has 0 spiro atoms. The number of hydrogen-bond acceptors (Lipinski definition) is 6. The first-order valence-electron chi connectivity index (χ1n) is 10.4. The van der Waals surface area contributed by atoms with E-state index >= 15 is 0 Å². The SMILES string of the molecule is N#C/C(=C\c1ccc(-c2ccc(S(=O)(=O)N3CCOCC3)cc2)o1)C(=O)Nc1cc(Cl)cc(Cl)c1. The number of carbonyl (C=O) groups is 1. The van der Waals surface area contributed by atoms with Crippen molar-refractivity contribution in [3.05, 3.63) is 76.0 Å². The number of nitrogens with one attached hydrogen (secondary N) is 1. The number of morpholine rings is 1. The number of furan rings is 1. The van der Waals surface area contributed by atoms with E-state index in [1.807, 2.05) is 6.07 Å². The van der Waals surface area contributed by atoms with Crippen LogP contribution in [-0.2, 0) is 19.6 Å². The summed E-state index contributed by atoms with van der Waals surface area (Å²) in [6, 6.07) is 16.0. The molecule has 3 aromatic rings. The minimum Gasteiger partial charge on any atom is -0.457 e. The summed E-state index contributed by atoms with van der Waals surface area (Å²) in [4.78, 5) is 12.7. The number of amides is 1. The molecule has 180 valence electrons. The van der Waals surface area contributed by atoms with Gasteiger partial charge in [-0.3, -0.25) is 4.79 Å². The summed E-state index contributed by atoms with van der Waals surface area (Å²) in [6.45, 7) is 1.37. The lowest BCUT2D eigenvalue weighted by atomic mass is 10.2. The molecule has 1 aliphatic heterocycles. The molecule has 0 aliphatic carbocycles. The normalized spacial score (nSPS) is 14.9. The summed E-state index contributed by atoms with van der Waals surface area (Å²) in [7, 11) is -3.60. The molecular weight excluding hydrogens is 513 g/mol. The Morgan fingerprint density at radius 3 is 2.31 bits per heavy atom. The second kappa shape index (κ2) is 10.6. The smallest absolute Gasteiger partial charge is 0.266 e. The monoisotopic (exact) mass is 531 g/mol. The van der Waals surface area contributed by atoms with Gasteiger partial charge >= 0.3 is 0 Å². The molecule has 0 bridgehead atoms. The highest BCUT2D eigenvalue weighted by Crippen LogP contribution is 2.27. The lowest BCUT2D eigenvalue weighted by molar-refractivity contribution is -0.112. The van der Waals surface area contributed by atoms with Crippen molar-refractivity contribution in [1.29, 1.82) is 5.26 Å². The van der Waals surface area contributed by atoms with Crippen molar-refractivity contribution in [2.24, 2.45) is 0 Å². The molecule has 8 nitrogen and oxygen atoms in total. The maximum atomic E-state index is 12.8. The Bertz CT molecular complexity index is 1400. The Labute approximate surface area is 212 Å². The number of halogens is 2. The number of nitriles is 1. The number of anilines is 1. The van der Waals surface area contributed by atoms with Gasteiger partial charge in [-0.15, -0.1) is 0 Å². The summed E-state index contributed by atoms with van der Waals surface area (Å²) in [5.41, 5.74) is 0.803. The van der Waals surface area contributed by atoms with E-state index in [2.05, 4.69) is 5.32 Å². The fraction of sp³-hybridized carbons (Fsp3) is 0.167. The van der Waals surface area contributed by atoms with E-state index in [4.69, 9.17) is 32.4 Å². The van der Waals surface area contributed by atoms with Crippen LogP contribution < -0.4 is 5.32 Å². The summed E-state index contributed by atoms with van der Waals surface area (Å²) in [6.07, 6.45) is 1.31. The number of hydrogen-bond donors (Lipinski definition) is 1. The topological polar surface area (TPSA) is 113 Å². The van der Waals surface area contributed by atoms with E-state index in [-0.39, 0.29) is 16.2 Å². The van der Waals surface area contributed by atoms with Crippen LogP contribution in [0.25, 0.3) is 17.4 Å². The largest absolute Gasteiger partial charge is 0.457 e. The van der Waals surface area contributed by atoms with Gasteiger partial charge in [0.1, 0.15) is 23.2 Å². The lowest BCUT2D eigenvalue weighted by Gasteiger charge is -2.26. The lowest BCUT2D eigenvalue weighted by Crippen LogP contribution is -2.40. The van der Waals surface area contributed by atoms with E-state index in [0.717, 1.165) is 0 Å². The summed E-state index contributed by atoms with van der Waals surface area (Å²) in [5, 5.41) is 12.7. The van der Waals surface area contributed by atoms with Crippen molar-refractivity contribution in [2.45, 2.75) is 4.90 Å². The van der Waals surface area contributed by atoms with Crippen LogP contribution >= 0.6 is 23.2 Å². The summed E-state index contributed by atoms with van der Waals surface area (Å²) < 4.78 is 37.9. The third-order valence-corrected chi connectivity index (χ3v) is 7.49. The zero-order valence-corrected chi connectivity index (χ0v) is 20.5. The first-order chi connectivity index (χ1) is 16.8. The molecule has 1 amide bonds. The molecular formula is C24H19Cl2N3O5S. The number of nitrogens with zero attached hydrogens (tertiary/aromatic N) is 2. The van der Waals surface area contributed by atoms with Crippen molar-refractivity contribution in [3.8, 4) is 17.4 Å². The van der Waals surface area contributed by atoms with Crippen molar-refractivity contribution in [1.82, 2.24) is 4.31 Å². The van der Waals surface area contributed by atoms with Crippen molar-refractivity contribution in [3.63, 3.8) is 0 Å². The van der Waals surface area contributed by atoms with Gasteiger partial charge in [-0.2, -0.15) is 9.57 Å². The van der Waals surface area contributed by atoms with Crippen LogP contribution in [0.4, 0.5) is 5.69 Å². The van der Waals surface area contributed by atoms with Crippen LogP contribution in [0, 0.1) is 11.3 Å². The van der Waals surface area contributed by atoms with Gasteiger partial charge in [0.25, 0.3) is 5.91 Å². The zero-order valence-electron chi connectivity index (χ0n) is 18.2. The van der Waals surface area contributed by atoms with Gasteiger partial charge in [-0.25, -0.2) is 8.42 Å². The quantitative estimate of drug-likeness (QED) is 0.360. The average molecular weight is 532 g/mol. The second-order valence-corrected chi connectivity index (χ2v) is 10.3. The molecule has 1 saturated heterocycles. The third-order valence-electron chi connectivity index (χ3n) is 5.15. The molecule has 2 heterocycles. The van der Waals surface area contributed by atoms with Crippen LogP contribution in [-0.4, -0.2) is 44.9 Å². The van der Waals surface area contributed by atoms with Crippen molar-refractivity contribution in [2.75, 3.05) is 31.6 Å². The van der Waals surface area contributed by atoms with Gasteiger partial charge in [-0.05, 0) is 54.6 Å². The number of rotatable bonds is 6. The van der Waals surface area contributed by atoms with E-state index in [0.29, 0.717) is 53.4 Å². The van der Waals surface area contributed by atoms with E-state index in [1.54, 1.807) is 24.3 Å². The summed E-state index contributed by atoms with van der Waals surface area (Å²) >= 11 is 11.9. The van der Waals surface area contributed by atoms with Gasteiger partial charge in [0.05, 0.1) is 18.1 Å². The fourth-order valence-electron chi connectivity index (χ4n) is 3.43. The molecule has 2 aromatic carbocycles. The van der Waals surface area contributed by atoms with Gasteiger partial charge in [0.15, 0.2) is 0 Å². The Balaban J connectivity index is 1.49. The zero-order chi connectivity index (χ0) is 25.0. The number of ether oxygens (including phenoxy) is 1. The minimum absolute atomic E-state index is 0.180. The predicted octanol–water partition coefficient (Wildman–Crippen LogP) is 4.82. The predicted molar refractivity (Wildman–Crippen MR) is 132 cm³/mol. The number of sulfonamides is 1. The molecule has 4 rings (SSSR count). The minimum atomic E-state index is -3.60. The molecule has 1 fully saturated rings. The maximum absolute atomic E-state index is 12.8. The fourth-order valence-corrected chi connectivity index (χ4v) is 5.36. The molecule has 0 radical (unpaired) electrons. The highest BCUT2D eigenvalue weighted by atomic mass is 35.5. The van der Waals surface area contributed by atoms with E-state index < -0.39 is 15.9 Å². The van der Waals surface area contributed by atoms with Gasteiger partial charge < -0.3 is 14.5 Å². The molecule has 11 heteroatoms. The number of benzene rings is 2. The molecule has 1 aliphatic rings. The van der Waals surface area contributed by atoms with Crippen LogP contribution in [0.2, 0.25) is 10.0 Å². The van der Waals surface area contributed by atoms with Gasteiger partial charge in [0.2, 0.25) is 10.0 Å². The van der Waals surface area contributed by atoms with Gasteiger partial charge in [0, 0.05) is 40.5 Å². The Kier molecular flexibility index (Phi) is 7.60. The molecule has 0 saturated carbocycles. The second-order valence-electron chi connectivity index (χ2n) is 7.52. The van der Waals surface area contributed by atoms with Crippen molar-refractivity contribution >= 4 is 50.9 Å².